The molecule has 138 valence electrons. The number of dihydropyridines is 1. The zero-order chi connectivity index (χ0) is 18.8. The summed E-state index contributed by atoms with van der Waals surface area (Å²) in [6.07, 6.45) is 1.60. The Morgan fingerprint density at radius 2 is 2.12 bits per heavy atom. The number of allylic oxidation sites excluding steroid dienone is 2. The third-order valence-corrected chi connectivity index (χ3v) is 4.65. The van der Waals surface area contributed by atoms with Crippen molar-refractivity contribution in [3.8, 4) is 11.5 Å². The van der Waals surface area contributed by atoms with Crippen LogP contribution in [0.15, 0.2) is 40.9 Å². The number of phenols is 2. The van der Waals surface area contributed by atoms with Crippen molar-refractivity contribution in [3.05, 3.63) is 46.4 Å². The Kier molecular flexibility index (Phi) is 5.08. The number of carbonyl (C=O) groups excluding carboxylic acids is 2. The minimum absolute atomic E-state index is 0.0181. The number of alkyl halides is 1. The number of hydrogen-bond acceptors (Lipinski definition) is 7. The van der Waals surface area contributed by atoms with Crippen LogP contribution in [0.4, 0.5) is 0 Å². The summed E-state index contributed by atoms with van der Waals surface area (Å²) in [6.45, 7) is -0.0181. The molecule has 1 aliphatic heterocycles. The number of ether oxygens (including phenoxy) is 1. The molecule has 1 unspecified atom stereocenters. The lowest BCUT2D eigenvalue weighted by atomic mass is 9.75. The highest BCUT2D eigenvalue weighted by atomic mass is 35.5. The van der Waals surface area contributed by atoms with Crippen LogP contribution in [0.3, 0.4) is 0 Å². The van der Waals surface area contributed by atoms with Gasteiger partial charge in [-0.3, -0.25) is 4.79 Å². The van der Waals surface area contributed by atoms with Gasteiger partial charge in [-0.25, -0.2) is 4.79 Å². The van der Waals surface area contributed by atoms with Crippen LogP contribution in [0.5, 0.6) is 11.5 Å². The third kappa shape index (κ3) is 3.10. The van der Waals surface area contributed by atoms with E-state index in [1.54, 1.807) is 6.07 Å². The number of benzene rings is 1. The molecule has 1 aromatic rings. The summed E-state index contributed by atoms with van der Waals surface area (Å²) in [4.78, 5) is 25.2. The maximum Gasteiger partial charge on any atom is 0.338 e. The van der Waals surface area contributed by atoms with Gasteiger partial charge in [-0.2, -0.15) is 0 Å². The van der Waals surface area contributed by atoms with Crippen molar-refractivity contribution in [3.63, 3.8) is 0 Å². The molecule has 0 saturated carbocycles. The average Bonchev–Trinajstić information content (AvgIpc) is 2.61. The molecule has 5 N–H and O–H groups in total. The lowest BCUT2D eigenvalue weighted by molar-refractivity contribution is -0.138. The number of carbonyl (C=O) groups is 2. The molecule has 1 heterocycles. The first-order valence-corrected chi connectivity index (χ1v) is 8.76. The molecule has 2 aliphatic rings. The van der Waals surface area contributed by atoms with E-state index in [1.807, 2.05) is 0 Å². The number of para-hydroxylation sites is 1. The number of nitrogens with one attached hydrogen (secondary N) is 1. The van der Waals surface area contributed by atoms with E-state index in [0.29, 0.717) is 30.5 Å². The molecule has 1 atom stereocenters. The van der Waals surface area contributed by atoms with Gasteiger partial charge in [-0.1, -0.05) is 12.1 Å². The Hall–Kier alpha value is -2.67. The van der Waals surface area contributed by atoms with Gasteiger partial charge in [0.05, 0.1) is 17.4 Å². The number of nitrogens with two attached hydrogens (primary N) is 1. The van der Waals surface area contributed by atoms with Crippen LogP contribution in [0.1, 0.15) is 30.7 Å². The first-order chi connectivity index (χ1) is 12.5. The van der Waals surface area contributed by atoms with E-state index in [1.165, 1.54) is 12.1 Å². The van der Waals surface area contributed by atoms with Crippen LogP contribution in [0, 0.1) is 0 Å². The van der Waals surface area contributed by atoms with E-state index in [4.69, 9.17) is 22.1 Å². The lowest BCUT2D eigenvalue weighted by Gasteiger charge is -2.33. The molecular weight excluding hydrogens is 360 g/mol. The Labute approximate surface area is 155 Å². The third-order valence-electron chi connectivity index (χ3n) is 4.50. The zero-order valence-corrected chi connectivity index (χ0v) is 14.7. The molecule has 1 aliphatic carbocycles. The lowest BCUT2D eigenvalue weighted by Crippen LogP contribution is -2.38. The van der Waals surface area contributed by atoms with Gasteiger partial charge >= 0.3 is 5.97 Å². The van der Waals surface area contributed by atoms with E-state index in [2.05, 4.69) is 5.32 Å². The molecule has 0 fully saturated rings. The largest absolute Gasteiger partial charge is 0.504 e. The number of halogens is 1. The van der Waals surface area contributed by atoms with Crippen LogP contribution < -0.4 is 11.1 Å². The number of rotatable bonds is 4. The maximum atomic E-state index is 12.6. The number of hydrogen-bond donors (Lipinski definition) is 4. The standard InChI is InChI=1S/C18H19ClN2O5/c19-7-8-26-18(25)15-13(9-3-1-6-12(23)16(9)24)14-10(21-17(15)20)4-2-5-11(14)22/h1,3,6,13,21,23-24H,2,4-5,7-8,20H2. The normalized spacial score (nSPS) is 19.9. The smallest absolute Gasteiger partial charge is 0.338 e. The van der Waals surface area contributed by atoms with Crippen molar-refractivity contribution in [2.45, 2.75) is 25.2 Å². The molecule has 0 aromatic heterocycles. The summed E-state index contributed by atoms with van der Waals surface area (Å²) in [5, 5.41) is 23.2. The SMILES string of the molecule is NC1=C(C(=O)OCCCl)C(c2cccc(O)c2O)C2=C(CCCC2=O)N1. The Balaban J connectivity index is 2.17. The van der Waals surface area contributed by atoms with Gasteiger partial charge in [-0.15, -0.1) is 11.6 Å². The number of aromatic hydroxyl groups is 2. The summed E-state index contributed by atoms with van der Waals surface area (Å²) in [5.74, 6) is -2.37. The summed E-state index contributed by atoms with van der Waals surface area (Å²) in [6, 6.07) is 4.38. The van der Waals surface area contributed by atoms with Crippen molar-refractivity contribution < 1.29 is 24.5 Å². The second-order valence-electron chi connectivity index (χ2n) is 6.09. The highest BCUT2D eigenvalue weighted by Gasteiger charge is 2.41. The summed E-state index contributed by atoms with van der Waals surface area (Å²) < 4.78 is 5.11. The Bertz CT molecular complexity index is 831. The van der Waals surface area contributed by atoms with E-state index in [-0.39, 0.29) is 41.0 Å². The zero-order valence-electron chi connectivity index (χ0n) is 13.9. The summed E-state index contributed by atoms with van der Waals surface area (Å²) >= 11 is 5.58. The van der Waals surface area contributed by atoms with Crippen molar-refractivity contribution in [2.75, 3.05) is 12.5 Å². The number of Topliss-reactive ketones (excluding diaryl/α,β-unsaturated/α-hetero) is 1. The predicted octanol–water partition coefficient (Wildman–Crippen LogP) is 1.74. The highest BCUT2D eigenvalue weighted by molar-refractivity contribution is 6.18. The minimum atomic E-state index is -0.922. The first-order valence-electron chi connectivity index (χ1n) is 8.22. The van der Waals surface area contributed by atoms with Gasteiger partial charge in [0.25, 0.3) is 0 Å². The van der Waals surface area contributed by atoms with E-state index in [9.17, 15) is 19.8 Å². The second kappa shape index (κ2) is 7.29. The van der Waals surface area contributed by atoms with Gasteiger partial charge in [0.1, 0.15) is 12.4 Å². The van der Waals surface area contributed by atoms with Crippen LogP contribution in [-0.2, 0) is 14.3 Å². The van der Waals surface area contributed by atoms with Gasteiger partial charge < -0.3 is 26.0 Å². The second-order valence-corrected chi connectivity index (χ2v) is 6.47. The van der Waals surface area contributed by atoms with Gasteiger partial charge in [-0.05, 0) is 18.9 Å². The van der Waals surface area contributed by atoms with Crippen molar-refractivity contribution >= 4 is 23.4 Å². The molecule has 3 rings (SSSR count). The van der Waals surface area contributed by atoms with Gasteiger partial charge in [0.15, 0.2) is 17.3 Å². The van der Waals surface area contributed by atoms with Crippen LogP contribution in [0.25, 0.3) is 0 Å². The van der Waals surface area contributed by atoms with Crippen molar-refractivity contribution in [1.29, 1.82) is 0 Å². The number of esters is 1. The van der Waals surface area contributed by atoms with Crippen LogP contribution in [0.2, 0.25) is 0 Å². The fourth-order valence-electron chi connectivity index (χ4n) is 3.39. The quantitative estimate of drug-likeness (QED) is 0.357. The molecule has 0 radical (unpaired) electrons. The van der Waals surface area contributed by atoms with E-state index >= 15 is 0 Å². The van der Waals surface area contributed by atoms with Crippen LogP contribution in [-0.4, -0.2) is 34.5 Å². The predicted molar refractivity (Wildman–Crippen MR) is 94.4 cm³/mol. The first kappa shape index (κ1) is 18.1. The van der Waals surface area contributed by atoms with E-state index < -0.39 is 17.6 Å². The molecule has 0 spiro atoms. The van der Waals surface area contributed by atoms with Crippen molar-refractivity contribution in [1.82, 2.24) is 5.32 Å². The Morgan fingerprint density at radius 3 is 2.85 bits per heavy atom. The average molecular weight is 379 g/mol. The van der Waals surface area contributed by atoms with Gasteiger partial charge in [0.2, 0.25) is 0 Å². The summed E-state index contributed by atoms with van der Waals surface area (Å²) in [5.41, 5.74) is 7.29. The molecule has 1 aromatic carbocycles. The number of ketones is 1. The van der Waals surface area contributed by atoms with Gasteiger partial charge in [0, 0.05) is 23.3 Å². The molecule has 0 bridgehead atoms. The van der Waals surface area contributed by atoms with E-state index in [0.717, 1.165) is 0 Å². The minimum Gasteiger partial charge on any atom is -0.504 e. The molecule has 0 saturated heterocycles. The maximum absolute atomic E-state index is 12.6. The van der Waals surface area contributed by atoms with Crippen LogP contribution >= 0.6 is 11.6 Å². The fourth-order valence-corrected chi connectivity index (χ4v) is 3.46. The Morgan fingerprint density at radius 1 is 1.35 bits per heavy atom. The molecule has 7 nitrogen and oxygen atoms in total. The fraction of sp³-hybridized carbons (Fsp3) is 0.333. The number of phenolic OH excluding ortho intramolecular Hbond substituents is 2. The molecule has 26 heavy (non-hydrogen) atoms. The topological polar surface area (TPSA) is 122 Å². The molecule has 0 amide bonds. The molecular formula is C18H19ClN2O5. The van der Waals surface area contributed by atoms with Crippen molar-refractivity contribution in [2.24, 2.45) is 5.73 Å². The molecule has 8 heteroatoms. The summed E-state index contributed by atoms with van der Waals surface area (Å²) in [7, 11) is 0. The monoisotopic (exact) mass is 378 g/mol. The highest BCUT2D eigenvalue weighted by Crippen LogP contribution is 2.46.